The van der Waals surface area contributed by atoms with Gasteiger partial charge in [0.25, 0.3) is 11.8 Å². The van der Waals surface area contributed by atoms with Crippen molar-refractivity contribution in [1.82, 2.24) is 10.6 Å². The largest absolute Gasteiger partial charge is 0.364 e. The number of fused-ring (bicyclic) bond motifs is 1. The lowest BCUT2D eigenvalue weighted by atomic mass is 10.3. The zero-order chi connectivity index (χ0) is 17.8. The number of anilines is 2. The van der Waals surface area contributed by atoms with Gasteiger partial charge in [0, 0.05) is 17.1 Å². The van der Waals surface area contributed by atoms with Gasteiger partial charge < -0.3 is 16.0 Å². The summed E-state index contributed by atoms with van der Waals surface area (Å²) in [6.07, 6.45) is 0. The van der Waals surface area contributed by atoms with Crippen LogP contribution in [0, 0.1) is 0 Å². The van der Waals surface area contributed by atoms with Crippen LogP contribution in [0.2, 0.25) is 0 Å². The fraction of sp³-hybridized carbons (Fsp3) is 0.188. The molecular weight excluding hydrogens is 360 g/mol. The Labute approximate surface area is 152 Å². The highest BCUT2D eigenvalue weighted by Crippen LogP contribution is 2.38. The molecule has 0 bridgehead atoms. The Kier molecular flexibility index (Phi) is 5.25. The van der Waals surface area contributed by atoms with Crippen LogP contribution in [0.25, 0.3) is 0 Å². The SMILES string of the molecule is CCNC(=O)NC(=O)c1ccsc1NC(=O)C1Nc2ccccc2S1. The third-order valence-corrected chi connectivity index (χ3v) is 5.37. The lowest BCUT2D eigenvalue weighted by molar-refractivity contribution is -0.115. The summed E-state index contributed by atoms with van der Waals surface area (Å²) in [5.41, 5.74) is 1.16. The average molecular weight is 376 g/mol. The molecule has 0 spiro atoms. The molecule has 9 heteroatoms. The van der Waals surface area contributed by atoms with E-state index in [0.717, 1.165) is 10.6 Å². The monoisotopic (exact) mass is 376 g/mol. The quantitative estimate of drug-likeness (QED) is 0.658. The van der Waals surface area contributed by atoms with Gasteiger partial charge in [0.1, 0.15) is 5.00 Å². The van der Waals surface area contributed by atoms with E-state index in [4.69, 9.17) is 0 Å². The summed E-state index contributed by atoms with van der Waals surface area (Å²) in [6.45, 7) is 2.17. The highest BCUT2D eigenvalue weighted by molar-refractivity contribution is 8.01. The molecule has 0 saturated carbocycles. The van der Waals surface area contributed by atoms with Gasteiger partial charge in [-0.2, -0.15) is 0 Å². The van der Waals surface area contributed by atoms with E-state index in [-0.39, 0.29) is 11.5 Å². The minimum absolute atomic E-state index is 0.254. The molecule has 4 amide bonds. The van der Waals surface area contributed by atoms with Crippen molar-refractivity contribution in [2.75, 3.05) is 17.2 Å². The average Bonchev–Trinajstić information content (AvgIpc) is 3.21. The minimum atomic E-state index is -0.570. The van der Waals surface area contributed by atoms with Gasteiger partial charge in [0.2, 0.25) is 0 Å². The number of urea groups is 1. The van der Waals surface area contributed by atoms with Gasteiger partial charge in [0.05, 0.1) is 5.56 Å². The Bertz CT molecular complexity index is 796. The first kappa shape index (κ1) is 17.3. The van der Waals surface area contributed by atoms with Crippen LogP contribution in [-0.2, 0) is 4.79 Å². The molecule has 1 aliphatic heterocycles. The van der Waals surface area contributed by atoms with E-state index in [1.54, 1.807) is 18.4 Å². The number of hydrogen-bond donors (Lipinski definition) is 4. The van der Waals surface area contributed by atoms with Crippen molar-refractivity contribution in [1.29, 1.82) is 0 Å². The molecule has 1 aromatic carbocycles. The van der Waals surface area contributed by atoms with Crippen LogP contribution in [-0.4, -0.2) is 29.8 Å². The van der Waals surface area contributed by atoms with Gasteiger partial charge in [-0.1, -0.05) is 23.9 Å². The number of para-hydroxylation sites is 1. The number of imide groups is 1. The molecule has 2 aromatic rings. The van der Waals surface area contributed by atoms with Crippen molar-refractivity contribution >= 4 is 51.6 Å². The Morgan fingerprint density at radius 3 is 2.76 bits per heavy atom. The fourth-order valence-corrected chi connectivity index (χ4v) is 4.05. The highest BCUT2D eigenvalue weighted by atomic mass is 32.2. The van der Waals surface area contributed by atoms with Gasteiger partial charge in [-0.25, -0.2) is 4.79 Å². The van der Waals surface area contributed by atoms with Crippen molar-refractivity contribution in [2.45, 2.75) is 17.2 Å². The van der Waals surface area contributed by atoms with Crippen molar-refractivity contribution in [3.63, 3.8) is 0 Å². The maximum atomic E-state index is 12.5. The molecule has 0 aliphatic carbocycles. The highest BCUT2D eigenvalue weighted by Gasteiger charge is 2.28. The second-order valence-corrected chi connectivity index (χ2v) is 7.17. The second kappa shape index (κ2) is 7.58. The molecule has 0 fully saturated rings. The second-order valence-electron chi connectivity index (χ2n) is 5.10. The molecule has 3 rings (SSSR count). The number of nitrogens with one attached hydrogen (secondary N) is 4. The van der Waals surface area contributed by atoms with Gasteiger partial charge >= 0.3 is 6.03 Å². The van der Waals surface area contributed by atoms with Crippen LogP contribution in [0.15, 0.2) is 40.6 Å². The first-order valence-electron chi connectivity index (χ1n) is 7.58. The summed E-state index contributed by atoms with van der Waals surface area (Å²) in [5, 5.41) is 12.2. The van der Waals surface area contributed by atoms with E-state index < -0.39 is 17.3 Å². The summed E-state index contributed by atoms with van der Waals surface area (Å²) < 4.78 is 0. The van der Waals surface area contributed by atoms with E-state index in [9.17, 15) is 14.4 Å². The summed E-state index contributed by atoms with van der Waals surface area (Å²) in [4.78, 5) is 37.1. The molecule has 25 heavy (non-hydrogen) atoms. The zero-order valence-electron chi connectivity index (χ0n) is 13.3. The first-order valence-corrected chi connectivity index (χ1v) is 9.34. The Balaban J connectivity index is 1.64. The maximum Gasteiger partial charge on any atom is 0.321 e. The molecule has 1 unspecified atom stereocenters. The number of thioether (sulfide) groups is 1. The molecule has 0 radical (unpaired) electrons. The number of amides is 4. The maximum absolute atomic E-state index is 12.5. The molecule has 4 N–H and O–H groups in total. The van der Waals surface area contributed by atoms with Crippen molar-refractivity contribution in [2.24, 2.45) is 0 Å². The van der Waals surface area contributed by atoms with Crippen LogP contribution in [0.1, 0.15) is 17.3 Å². The predicted octanol–water partition coefficient (Wildman–Crippen LogP) is 2.69. The van der Waals surface area contributed by atoms with Crippen LogP contribution < -0.4 is 21.3 Å². The molecule has 130 valence electrons. The van der Waals surface area contributed by atoms with Crippen LogP contribution in [0.3, 0.4) is 0 Å². The standard InChI is InChI=1S/C16H16N4O3S2/c1-2-17-16(23)20-12(21)9-7-8-24-14(9)19-13(22)15-18-10-5-3-4-6-11(10)25-15/h3-8,15,18H,2H2,1H3,(H,19,22)(H2,17,20,21,23). The number of thiophene rings is 1. The smallest absolute Gasteiger partial charge is 0.321 e. The topological polar surface area (TPSA) is 99.3 Å². The van der Waals surface area contributed by atoms with Crippen LogP contribution in [0.5, 0.6) is 0 Å². The fourth-order valence-electron chi connectivity index (χ4n) is 2.24. The van der Waals surface area contributed by atoms with Gasteiger partial charge in [-0.15, -0.1) is 11.3 Å². The van der Waals surface area contributed by atoms with E-state index in [0.29, 0.717) is 11.5 Å². The molecule has 0 saturated heterocycles. The number of carbonyl (C=O) groups is 3. The lowest BCUT2D eigenvalue weighted by Crippen LogP contribution is -2.39. The normalized spacial score (nSPS) is 15.0. The van der Waals surface area contributed by atoms with E-state index in [1.165, 1.54) is 23.1 Å². The third-order valence-electron chi connectivity index (χ3n) is 3.37. The van der Waals surface area contributed by atoms with E-state index in [2.05, 4.69) is 21.3 Å². The molecule has 1 atom stereocenters. The van der Waals surface area contributed by atoms with Gasteiger partial charge in [-0.05, 0) is 30.5 Å². The van der Waals surface area contributed by atoms with Gasteiger partial charge in [-0.3, -0.25) is 14.9 Å². The summed E-state index contributed by atoms with van der Waals surface area (Å²) in [6, 6.07) is 8.66. The van der Waals surface area contributed by atoms with Crippen molar-refractivity contribution in [3.05, 3.63) is 41.3 Å². The number of carbonyl (C=O) groups excluding carboxylic acids is 3. The predicted molar refractivity (Wildman–Crippen MR) is 99.2 cm³/mol. The van der Waals surface area contributed by atoms with E-state index in [1.807, 2.05) is 24.3 Å². The number of rotatable bonds is 4. The number of hydrogen-bond acceptors (Lipinski definition) is 6. The summed E-state index contributed by atoms with van der Waals surface area (Å²) in [7, 11) is 0. The summed E-state index contributed by atoms with van der Waals surface area (Å²) in [5.74, 6) is -0.812. The molecule has 7 nitrogen and oxygen atoms in total. The molecular formula is C16H16N4O3S2. The Morgan fingerprint density at radius 2 is 2.00 bits per heavy atom. The van der Waals surface area contributed by atoms with E-state index >= 15 is 0 Å². The molecule has 1 aliphatic rings. The number of benzene rings is 1. The van der Waals surface area contributed by atoms with Crippen molar-refractivity contribution < 1.29 is 14.4 Å². The molecule has 2 heterocycles. The Hall–Kier alpha value is -2.52. The van der Waals surface area contributed by atoms with Crippen LogP contribution in [0.4, 0.5) is 15.5 Å². The summed E-state index contributed by atoms with van der Waals surface area (Å²) >= 11 is 2.64. The van der Waals surface area contributed by atoms with Crippen LogP contribution >= 0.6 is 23.1 Å². The first-order chi connectivity index (χ1) is 12.1. The third kappa shape index (κ3) is 3.94. The molecule has 1 aromatic heterocycles. The zero-order valence-corrected chi connectivity index (χ0v) is 14.9. The van der Waals surface area contributed by atoms with Gasteiger partial charge in [0.15, 0.2) is 5.37 Å². The Morgan fingerprint density at radius 1 is 1.20 bits per heavy atom. The lowest BCUT2D eigenvalue weighted by Gasteiger charge is -2.11. The van der Waals surface area contributed by atoms with Crippen molar-refractivity contribution in [3.8, 4) is 0 Å². The minimum Gasteiger partial charge on any atom is -0.364 e.